The van der Waals surface area contributed by atoms with Crippen molar-refractivity contribution >= 4 is 11.8 Å². The van der Waals surface area contributed by atoms with Gasteiger partial charge in [-0.2, -0.15) is 0 Å². The van der Waals surface area contributed by atoms with E-state index in [1.165, 1.54) is 12.1 Å². The third kappa shape index (κ3) is 4.96. The van der Waals surface area contributed by atoms with Crippen LogP contribution in [0.25, 0.3) is 0 Å². The second-order valence-electron chi connectivity index (χ2n) is 9.31. The first kappa shape index (κ1) is 23.4. The Balaban J connectivity index is 1.54. The quantitative estimate of drug-likeness (QED) is 0.689. The molecule has 2 fully saturated rings. The summed E-state index contributed by atoms with van der Waals surface area (Å²) in [5, 5.41) is 3.67. The number of nitrogens with one attached hydrogen (secondary N) is 1. The third-order valence-electron chi connectivity index (χ3n) is 7.30. The summed E-state index contributed by atoms with van der Waals surface area (Å²) in [6, 6.07) is 16.1. The van der Waals surface area contributed by atoms with E-state index in [1.807, 2.05) is 40.1 Å². The van der Waals surface area contributed by atoms with E-state index in [2.05, 4.69) is 19.2 Å². The molecule has 1 N–H and O–H groups in total. The first-order valence-electron chi connectivity index (χ1n) is 12.1. The van der Waals surface area contributed by atoms with E-state index in [0.29, 0.717) is 38.9 Å². The minimum atomic E-state index is -0.490. The number of hydrogen-bond acceptors (Lipinski definition) is 3. The van der Waals surface area contributed by atoms with Crippen molar-refractivity contribution in [3.63, 3.8) is 0 Å². The maximum absolute atomic E-state index is 13.6. The van der Waals surface area contributed by atoms with Gasteiger partial charge in [-0.3, -0.25) is 14.9 Å². The van der Waals surface area contributed by atoms with Crippen molar-refractivity contribution in [3.8, 4) is 0 Å². The van der Waals surface area contributed by atoms with Gasteiger partial charge in [0, 0.05) is 38.4 Å². The molecule has 33 heavy (non-hydrogen) atoms. The summed E-state index contributed by atoms with van der Waals surface area (Å²) in [7, 11) is 0. The van der Waals surface area contributed by atoms with Crippen molar-refractivity contribution in [2.24, 2.45) is 5.92 Å². The number of carbonyl (C=O) groups excluding carboxylic acids is 2. The van der Waals surface area contributed by atoms with E-state index in [-0.39, 0.29) is 29.6 Å². The minimum absolute atomic E-state index is 0.0679. The Kier molecular flexibility index (Phi) is 7.13. The largest absolute Gasteiger partial charge is 0.342 e. The lowest BCUT2D eigenvalue weighted by molar-refractivity contribution is -0.140. The van der Waals surface area contributed by atoms with Crippen LogP contribution in [0.1, 0.15) is 50.7 Å². The molecule has 0 saturated carbocycles. The van der Waals surface area contributed by atoms with E-state index in [0.717, 1.165) is 24.0 Å². The maximum Gasteiger partial charge on any atom is 0.241 e. The van der Waals surface area contributed by atoms with Crippen LogP contribution in [-0.2, 0) is 22.6 Å². The summed E-state index contributed by atoms with van der Waals surface area (Å²) in [6.07, 6.45) is 3.71. The average molecular weight is 452 g/mol. The molecular formula is C27H34FN3O2. The lowest BCUT2D eigenvalue weighted by Crippen LogP contribution is -2.59. The molecule has 1 atom stereocenters. The number of piperidine rings is 1. The highest BCUT2D eigenvalue weighted by Gasteiger charge is 2.51. The molecule has 176 valence electrons. The van der Waals surface area contributed by atoms with Crippen LogP contribution in [0.2, 0.25) is 0 Å². The molecular weight excluding hydrogens is 417 g/mol. The van der Waals surface area contributed by atoms with Gasteiger partial charge < -0.3 is 9.80 Å². The topological polar surface area (TPSA) is 52.7 Å². The predicted molar refractivity (Wildman–Crippen MR) is 127 cm³/mol. The van der Waals surface area contributed by atoms with Crippen molar-refractivity contribution in [2.75, 3.05) is 13.1 Å². The van der Waals surface area contributed by atoms with E-state index in [1.54, 1.807) is 12.1 Å². The van der Waals surface area contributed by atoms with Gasteiger partial charge in [-0.15, -0.1) is 0 Å². The van der Waals surface area contributed by atoms with Crippen LogP contribution < -0.4 is 5.32 Å². The normalized spacial score (nSPS) is 20.1. The first-order valence-corrected chi connectivity index (χ1v) is 12.1. The Morgan fingerprint density at radius 3 is 2.27 bits per heavy atom. The molecule has 4 rings (SSSR count). The van der Waals surface area contributed by atoms with Crippen LogP contribution in [0.5, 0.6) is 0 Å². The molecule has 2 aliphatic heterocycles. The Morgan fingerprint density at radius 1 is 1.03 bits per heavy atom. The number of rotatable bonds is 7. The second-order valence-corrected chi connectivity index (χ2v) is 9.31. The van der Waals surface area contributed by atoms with Crippen LogP contribution in [-0.4, -0.2) is 46.4 Å². The van der Waals surface area contributed by atoms with E-state index in [9.17, 15) is 14.0 Å². The number of hydrogen-bond donors (Lipinski definition) is 1. The van der Waals surface area contributed by atoms with Gasteiger partial charge in [0.25, 0.3) is 0 Å². The number of halogens is 1. The predicted octanol–water partition coefficient (Wildman–Crippen LogP) is 4.12. The average Bonchev–Trinajstić information content (AvgIpc) is 3.07. The Hall–Kier alpha value is -2.73. The molecule has 1 unspecified atom stereocenters. The van der Waals surface area contributed by atoms with Crippen LogP contribution >= 0.6 is 0 Å². The molecule has 2 aromatic rings. The smallest absolute Gasteiger partial charge is 0.241 e. The van der Waals surface area contributed by atoms with E-state index >= 15 is 0 Å². The standard InChI is InChI=1S/C27H34FN3O2/c1-3-22(4-2)25(32)30-16-14-27(15-17-30)29-24(18-20-8-6-5-7-9-20)26(33)31(27)19-21-10-12-23(28)13-11-21/h5-13,22,24,29H,3-4,14-19H2,1-2H3. The van der Waals surface area contributed by atoms with Crippen LogP contribution in [0, 0.1) is 11.7 Å². The summed E-state index contributed by atoms with van der Waals surface area (Å²) >= 11 is 0. The molecule has 6 heteroatoms. The molecule has 0 bridgehead atoms. The summed E-state index contributed by atoms with van der Waals surface area (Å²) in [5.74, 6) is 0.0842. The fourth-order valence-corrected chi connectivity index (χ4v) is 5.26. The van der Waals surface area contributed by atoms with Gasteiger partial charge in [0.05, 0.1) is 11.7 Å². The van der Waals surface area contributed by atoms with Gasteiger partial charge in [-0.25, -0.2) is 4.39 Å². The van der Waals surface area contributed by atoms with Gasteiger partial charge in [0.1, 0.15) is 5.82 Å². The van der Waals surface area contributed by atoms with Gasteiger partial charge in [0.2, 0.25) is 11.8 Å². The van der Waals surface area contributed by atoms with Gasteiger partial charge >= 0.3 is 0 Å². The zero-order valence-corrected chi connectivity index (χ0v) is 19.6. The summed E-state index contributed by atoms with van der Waals surface area (Å²) < 4.78 is 13.4. The van der Waals surface area contributed by atoms with Crippen LogP contribution in [0.15, 0.2) is 54.6 Å². The highest BCUT2D eigenvalue weighted by molar-refractivity contribution is 5.86. The van der Waals surface area contributed by atoms with Crippen LogP contribution in [0.3, 0.4) is 0 Å². The van der Waals surface area contributed by atoms with Gasteiger partial charge in [-0.05, 0) is 42.5 Å². The fraction of sp³-hybridized carbons (Fsp3) is 0.481. The van der Waals surface area contributed by atoms with Crippen LogP contribution in [0.4, 0.5) is 4.39 Å². The van der Waals surface area contributed by atoms with E-state index in [4.69, 9.17) is 0 Å². The SMILES string of the molecule is CCC(CC)C(=O)N1CCC2(CC1)NC(Cc1ccccc1)C(=O)N2Cc1ccc(F)cc1. The van der Waals surface area contributed by atoms with Gasteiger partial charge in [-0.1, -0.05) is 56.3 Å². The number of benzene rings is 2. The summed E-state index contributed by atoms with van der Waals surface area (Å²) in [6.45, 7) is 5.82. The van der Waals surface area contributed by atoms with Crippen molar-refractivity contribution < 1.29 is 14.0 Å². The molecule has 2 aliphatic rings. The van der Waals surface area contributed by atoms with Crippen molar-refractivity contribution in [1.29, 1.82) is 0 Å². The number of nitrogens with zero attached hydrogens (tertiary/aromatic N) is 2. The lowest BCUT2D eigenvalue weighted by Gasteiger charge is -2.45. The van der Waals surface area contributed by atoms with Crippen molar-refractivity contribution in [3.05, 3.63) is 71.5 Å². The van der Waals surface area contributed by atoms with E-state index < -0.39 is 5.66 Å². The Bertz CT molecular complexity index is 951. The number of likely N-dealkylation sites (tertiary alicyclic amines) is 1. The van der Waals surface area contributed by atoms with Crippen molar-refractivity contribution in [2.45, 2.75) is 64.2 Å². The zero-order valence-electron chi connectivity index (χ0n) is 19.6. The summed E-state index contributed by atoms with van der Waals surface area (Å²) in [4.78, 5) is 30.4. The fourth-order valence-electron chi connectivity index (χ4n) is 5.26. The highest BCUT2D eigenvalue weighted by Crippen LogP contribution is 2.35. The molecule has 2 heterocycles. The highest BCUT2D eigenvalue weighted by atomic mass is 19.1. The molecule has 2 aromatic carbocycles. The molecule has 0 aromatic heterocycles. The third-order valence-corrected chi connectivity index (χ3v) is 7.30. The number of carbonyl (C=O) groups is 2. The summed E-state index contributed by atoms with van der Waals surface area (Å²) in [5.41, 5.74) is 1.53. The molecule has 0 aliphatic carbocycles. The van der Waals surface area contributed by atoms with Gasteiger partial charge in [0.15, 0.2) is 0 Å². The number of amides is 2. The lowest BCUT2D eigenvalue weighted by atomic mass is 9.93. The maximum atomic E-state index is 13.6. The monoisotopic (exact) mass is 451 g/mol. The first-order chi connectivity index (χ1) is 16.0. The molecule has 5 nitrogen and oxygen atoms in total. The zero-order chi connectivity index (χ0) is 23.4. The second kappa shape index (κ2) is 10.0. The molecule has 2 saturated heterocycles. The Morgan fingerprint density at radius 2 is 1.67 bits per heavy atom. The molecule has 2 amide bonds. The Labute approximate surface area is 196 Å². The molecule has 0 radical (unpaired) electrons. The van der Waals surface area contributed by atoms with Crippen molar-refractivity contribution in [1.82, 2.24) is 15.1 Å². The molecule has 1 spiro atoms. The minimum Gasteiger partial charge on any atom is -0.342 e.